The number of ether oxygens (including phenoxy) is 1. The quantitative estimate of drug-likeness (QED) is 0.629. The summed E-state index contributed by atoms with van der Waals surface area (Å²) in [4.78, 5) is 18.2. The summed E-state index contributed by atoms with van der Waals surface area (Å²) in [6.45, 7) is 4.74. The SMILES string of the molecule is Cc1cccc2cc(CN(Cc3nnnn3C3CCCC3)CC3CCCO3)c(=O)[nH]c12. The zero-order valence-electron chi connectivity index (χ0n) is 18.1. The zero-order chi connectivity index (χ0) is 21.2. The van der Waals surface area contributed by atoms with E-state index in [1.54, 1.807) is 0 Å². The van der Waals surface area contributed by atoms with Gasteiger partial charge in [0, 0.05) is 25.3 Å². The monoisotopic (exact) mass is 422 g/mol. The van der Waals surface area contributed by atoms with Crippen molar-refractivity contribution in [2.24, 2.45) is 0 Å². The Hall–Kier alpha value is -2.58. The number of para-hydroxylation sites is 1. The highest BCUT2D eigenvalue weighted by molar-refractivity contribution is 5.81. The molecule has 2 aliphatic rings. The van der Waals surface area contributed by atoms with Crippen molar-refractivity contribution in [1.82, 2.24) is 30.1 Å². The van der Waals surface area contributed by atoms with Gasteiger partial charge in [-0.1, -0.05) is 31.0 Å². The number of H-pyrrole nitrogens is 1. The second kappa shape index (κ2) is 8.88. The highest BCUT2D eigenvalue weighted by Gasteiger charge is 2.25. The first kappa shape index (κ1) is 20.3. The lowest BCUT2D eigenvalue weighted by Gasteiger charge is -2.25. The van der Waals surface area contributed by atoms with Gasteiger partial charge in [0.2, 0.25) is 0 Å². The second-order valence-electron chi connectivity index (χ2n) is 8.95. The summed E-state index contributed by atoms with van der Waals surface area (Å²) in [5.74, 6) is 0.873. The Kier molecular flexibility index (Phi) is 5.82. The first-order chi connectivity index (χ1) is 15.2. The molecule has 2 aromatic heterocycles. The van der Waals surface area contributed by atoms with Crippen LogP contribution in [-0.2, 0) is 17.8 Å². The molecule has 8 nitrogen and oxygen atoms in total. The molecule has 1 saturated carbocycles. The number of fused-ring (bicyclic) bond motifs is 1. The summed E-state index contributed by atoms with van der Waals surface area (Å²) in [7, 11) is 0. The fraction of sp³-hybridized carbons (Fsp3) is 0.565. The lowest BCUT2D eigenvalue weighted by atomic mass is 10.1. The van der Waals surface area contributed by atoms with Crippen LogP contribution in [0.4, 0.5) is 0 Å². The fourth-order valence-corrected chi connectivity index (χ4v) is 5.00. The summed E-state index contributed by atoms with van der Waals surface area (Å²) in [5, 5.41) is 13.6. The number of nitrogens with zero attached hydrogens (tertiary/aromatic N) is 5. The van der Waals surface area contributed by atoms with Gasteiger partial charge in [0.15, 0.2) is 5.82 Å². The summed E-state index contributed by atoms with van der Waals surface area (Å²) in [6, 6.07) is 8.50. The molecule has 1 aliphatic carbocycles. The van der Waals surface area contributed by atoms with Crippen LogP contribution in [0.3, 0.4) is 0 Å². The van der Waals surface area contributed by atoms with Gasteiger partial charge < -0.3 is 9.72 Å². The molecule has 3 heterocycles. The smallest absolute Gasteiger partial charge is 0.252 e. The zero-order valence-corrected chi connectivity index (χ0v) is 18.1. The van der Waals surface area contributed by atoms with E-state index >= 15 is 0 Å². The van der Waals surface area contributed by atoms with Gasteiger partial charge in [-0.25, -0.2) is 4.68 Å². The van der Waals surface area contributed by atoms with Crippen LogP contribution in [0.25, 0.3) is 10.9 Å². The van der Waals surface area contributed by atoms with Crippen molar-refractivity contribution in [3.8, 4) is 0 Å². The van der Waals surface area contributed by atoms with E-state index in [0.717, 1.165) is 66.7 Å². The van der Waals surface area contributed by atoms with Crippen molar-refractivity contribution in [1.29, 1.82) is 0 Å². The molecular weight excluding hydrogens is 392 g/mol. The highest BCUT2D eigenvalue weighted by Crippen LogP contribution is 2.29. The third-order valence-corrected chi connectivity index (χ3v) is 6.64. The standard InChI is InChI=1S/C23H30N6O2/c1-16-6-4-7-17-12-18(23(30)24-22(16)17)13-28(14-20-10-5-11-31-20)15-21-25-26-27-29(21)19-8-2-3-9-19/h4,6-7,12,19-20H,2-3,5,8-11,13-15H2,1H3,(H,24,30). The number of nitrogens with one attached hydrogen (secondary N) is 1. The molecule has 0 amide bonds. The van der Waals surface area contributed by atoms with E-state index in [-0.39, 0.29) is 11.7 Å². The molecule has 5 rings (SSSR count). The lowest BCUT2D eigenvalue weighted by molar-refractivity contribution is 0.0661. The van der Waals surface area contributed by atoms with Gasteiger partial charge in [0.05, 0.1) is 24.2 Å². The lowest BCUT2D eigenvalue weighted by Crippen LogP contribution is -2.34. The van der Waals surface area contributed by atoms with Crippen LogP contribution in [0.2, 0.25) is 0 Å². The third kappa shape index (κ3) is 4.41. The molecule has 1 saturated heterocycles. The van der Waals surface area contributed by atoms with Gasteiger partial charge in [-0.3, -0.25) is 9.69 Å². The number of aromatic amines is 1. The number of benzene rings is 1. The maximum atomic E-state index is 12.9. The Balaban J connectivity index is 1.42. The van der Waals surface area contributed by atoms with E-state index in [0.29, 0.717) is 19.1 Å². The number of hydrogen-bond donors (Lipinski definition) is 1. The molecule has 164 valence electrons. The van der Waals surface area contributed by atoms with Crippen molar-refractivity contribution >= 4 is 10.9 Å². The Morgan fingerprint density at radius 1 is 1.19 bits per heavy atom. The molecule has 1 aromatic carbocycles. The first-order valence-electron chi connectivity index (χ1n) is 11.4. The van der Waals surface area contributed by atoms with Gasteiger partial charge in [-0.05, 0) is 60.0 Å². The van der Waals surface area contributed by atoms with Gasteiger partial charge in [-0.15, -0.1) is 5.10 Å². The first-order valence-corrected chi connectivity index (χ1v) is 11.4. The molecule has 0 spiro atoms. The van der Waals surface area contributed by atoms with Crippen molar-refractivity contribution in [3.63, 3.8) is 0 Å². The van der Waals surface area contributed by atoms with Crippen molar-refractivity contribution in [3.05, 3.63) is 51.6 Å². The molecule has 31 heavy (non-hydrogen) atoms. The molecular formula is C23H30N6O2. The largest absolute Gasteiger partial charge is 0.377 e. The van der Waals surface area contributed by atoms with Crippen LogP contribution >= 0.6 is 0 Å². The molecule has 1 N–H and O–H groups in total. The van der Waals surface area contributed by atoms with Crippen LogP contribution in [0.15, 0.2) is 29.1 Å². The average Bonchev–Trinajstić information content (AvgIpc) is 3.52. The molecule has 8 heteroatoms. The van der Waals surface area contributed by atoms with E-state index in [4.69, 9.17) is 4.74 Å². The number of aryl methyl sites for hydroxylation is 1. The van der Waals surface area contributed by atoms with Crippen LogP contribution in [0.1, 0.15) is 61.5 Å². The van der Waals surface area contributed by atoms with E-state index in [1.165, 1.54) is 12.8 Å². The van der Waals surface area contributed by atoms with E-state index < -0.39 is 0 Å². The van der Waals surface area contributed by atoms with Crippen molar-refractivity contribution in [2.45, 2.75) is 70.7 Å². The minimum absolute atomic E-state index is 0.0328. The molecule has 0 radical (unpaired) electrons. The van der Waals surface area contributed by atoms with E-state index in [1.807, 2.05) is 35.9 Å². The van der Waals surface area contributed by atoms with E-state index in [2.05, 4.69) is 25.4 Å². The topological polar surface area (TPSA) is 88.9 Å². The second-order valence-corrected chi connectivity index (χ2v) is 8.95. The Bertz CT molecular complexity index is 1090. The maximum Gasteiger partial charge on any atom is 0.252 e. The summed E-state index contributed by atoms with van der Waals surface area (Å²) in [6.07, 6.45) is 7.06. The number of pyridine rings is 1. The van der Waals surface area contributed by atoms with Crippen LogP contribution < -0.4 is 5.56 Å². The van der Waals surface area contributed by atoms with Crippen molar-refractivity contribution in [2.75, 3.05) is 13.2 Å². The van der Waals surface area contributed by atoms with Gasteiger partial charge in [-0.2, -0.15) is 0 Å². The van der Waals surface area contributed by atoms with Gasteiger partial charge in [0.25, 0.3) is 5.56 Å². The molecule has 1 atom stereocenters. The van der Waals surface area contributed by atoms with Crippen LogP contribution in [0, 0.1) is 6.92 Å². The summed E-state index contributed by atoms with van der Waals surface area (Å²) >= 11 is 0. The Morgan fingerprint density at radius 2 is 2.06 bits per heavy atom. The minimum atomic E-state index is -0.0328. The Morgan fingerprint density at radius 3 is 2.87 bits per heavy atom. The van der Waals surface area contributed by atoms with Crippen LogP contribution in [-0.4, -0.2) is 49.3 Å². The molecule has 2 fully saturated rings. The number of tetrazole rings is 1. The van der Waals surface area contributed by atoms with Crippen molar-refractivity contribution < 1.29 is 4.74 Å². The minimum Gasteiger partial charge on any atom is -0.377 e. The highest BCUT2D eigenvalue weighted by atomic mass is 16.5. The summed E-state index contributed by atoms with van der Waals surface area (Å²) < 4.78 is 7.90. The molecule has 1 aliphatic heterocycles. The normalized spacial score (nSPS) is 19.7. The number of hydrogen-bond acceptors (Lipinski definition) is 6. The predicted molar refractivity (Wildman–Crippen MR) is 118 cm³/mol. The molecule has 1 unspecified atom stereocenters. The number of aromatic nitrogens is 5. The van der Waals surface area contributed by atoms with Crippen LogP contribution in [0.5, 0.6) is 0 Å². The maximum absolute atomic E-state index is 12.9. The molecule has 3 aromatic rings. The fourth-order valence-electron chi connectivity index (χ4n) is 5.00. The Labute approximate surface area is 181 Å². The average molecular weight is 423 g/mol. The summed E-state index contributed by atoms with van der Waals surface area (Å²) in [5.41, 5.74) is 2.71. The molecule has 0 bridgehead atoms. The predicted octanol–water partition coefficient (Wildman–Crippen LogP) is 3.12. The third-order valence-electron chi connectivity index (χ3n) is 6.64. The van der Waals surface area contributed by atoms with Gasteiger partial charge >= 0.3 is 0 Å². The van der Waals surface area contributed by atoms with E-state index in [9.17, 15) is 4.79 Å². The van der Waals surface area contributed by atoms with Gasteiger partial charge in [0.1, 0.15) is 0 Å². The number of rotatable bonds is 7.